The summed E-state index contributed by atoms with van der Waals surface area (Å²) in [7, 11) is 1.60. The highest BCUT2D eigenvalue weighted by molar-refractivity contribution is 9.10. The van der Waals surface area contributed by atoms with E-state index in [0.29, 0.717) is 4.34 Å². The van der Waals surface area contributed by atoms with Crippen LogP contribution in [0.5, 0.6) is 5.75 Å². The smallest absolute Gasteiger partial charge is 0.245 e. The molecule has 1 aromatic heterocycles. The minimum Gasteiger partial charge on any atom is -0.497 e. The molecule has 0 aliphatic carbocycles. The molecule has 1 heterocycles. The molecule has 3 N–H and O–H groups in total. The Bertz CT molecular complexity index is 596. The predicted molar refractivity (Wildman–Crippen MR) is 85.6 cm³/mol. The number of amides is 1. The fraction of sp³-hybridized carbons (Fsp3) is 0.154. The maximum Gasteiger partial charge on any atom is 0.245 e. The van der Waals surface area contributed by atoms with E-state index in [2.05, 4.69) is 21.2 Å². The van der Waals surface area contributed by atoms with Crippen LogP contribution in [0.15, 0.2) is 34.8 Å². The zero-order chi connectivity index (χ0) is 14.7. The van der Waals surface area contributed by atoms with E-state index in [0.717, 1.165) is 20.8 Å². The highest BCUT2D eigenvalue weighted by Crippen LogP contribution is 2.36. The van der Waals surface area contributed by atoms with Crippen molar-refractivity contribution in [3.63, 3.8) is 0 Å². The van der Waals surface area contributed by atoms with Gasteiger partial charge in [-0.15, -0.1) is 11.3 Å². The van der Waals surface area contributed by atoms with Crippen molar-refractivity contribution in [2.75, 3.05) is 12.4 Å². The van der Waals surface area contributed by atoms with Crippen molar-refractivity contribution in [2.45, 2.75) is 6.04 Å². The molecule has 2 aromatic rings. The largest absolute Gasteiger partial charge is 0.497 e. The predicted octanol–water partition coefficient (Wildman–Crippen LogP) is 3.81. The molecule has 0 fully saturated rings. The molecule has 0 saturated heterocycles. The van der Waals surface area contributed by atoms with E-state index in [-0.39, 0.29) is 0 Å². The lowest BCUT2D eigenvalue weighted by molar-refractivity contribution is -0.118. The second kappa shape index (κ2) is 6.47. The van der Waals surface area contributed by atoms with Gasteiger partial charge in [0.25, 0.3) is 0 Å². The molecule has 4 nitrogen and oxygen atoms in total. The lowest BCUT2D eigenvalue weighted by Crippen LogP contribution is -2.26. The molecule has 0 radical (unpaired) electrons. The van der Waals surface area contributed by atoms with Gasteiger partial charge in [-0.2, -0.15) is 0 Å². The van der Waals surface area contributed by atoms with Crippen LogP contribution >= 0.6 is 38.9 Å². The van der Waals surface area contributed by atoms with Gasteiger partial charge in [-0.25, -0.2) is 0 Å². The second-order valence-corrected chi connectivity index (χ2v) is 6.52. The van der Waals surface area contributed by atoms with E-state index < -0.39 is 11.9 Å². The van der Waals surface area contributed by atoms with E-state index in [9.17, 15) is 4.79 Å². The molecular weight excluding hydrogens is 364 g/mol. The van der Waals surface area contributed by atoms with Gasteiger partial charge in [0.2, 0.25) is 5.91 Å². The van der Waals surface area contributed by atoms with Crippen LogP contribution in [0.3, 0.4) is 0 Å². The molecule has 2 rings (SSSR count). The molecule has 0 aliphatic heterocycles. The van der Waals surface area contributed by atoms with Gasteiger partial charge in [0.1, 0.15) is 16.1 Å². The Kier molecular flexibility index (Phi) is 4.91. The monoisotopic (exact) mass is 374 g/mol. The third-order valence-corrected chi connectivity index (χ3v) is 5.17. The van der Waals surface area contributed by atoms with E-state index in [1.165, 1.54) is 11.3 Å². The summed E-state index contributed by atoms with van der Waals surface area (Å²) in [4.78, 5) is 12.4. The van der Waals surface area contributed by atoms with Crippen molar-refractivity contribution in [1.82, 2.24) is 0 Å². The molecule has 0 saturated carbocycles. The summed E-state index contributed by atoms with van der Waals surface area (Å²) in [6, 6.07) is 8.41. The van der Waals surface area contributed by atoms with Gasteiger partial charge in [0, 0.05) is 15.0 Å². The normalized spacial score (nSPS) is 11.9. The van der Waals surface area contributed by atoms with Crippen LogP contribution < -0.4 is 15.8 Å². The van der Waals surface area contributed by atoms with Crippen LogP contribution in [0.1, 0.15) is 10.9 Å². The number of benzene rings is 1. The van der Waals surface area contributed by atoms with Crippen LogP contribution in [-0.4, -0.2) is 13.0 Å². The lowest BCUT2D eigenvalue weighted by Gasteiger charge is -2.15. The molecule has 7 heteroatoms. The summed E-state index contributed by atoms with van der Waals surface area (Å²) in [5.41, 5.74) is 6.23. The quantitative estimate of drug-likeness (QED) is 0.835. The third kappa shape index (κ3) is 3.45. The van der Waals surface area contributed by atoms with E-state index in [1.54, 1.807) is 25.3 Å². The van der Waals surface area contributed by atoms with Crippen LogP contribution in [-0.2, 0) is 4.79 Å². The number of primary amides is 1. The van der Waals surface area contributed by atoms with Crippen molar-refractivity contribution >= 4 is 50.5 Å². The summed E-state index contributed by atoms with van der Waals surface area (Å²) in [5, 5.41) is 3.09. The molecule has 1 unspecified atom stereocenters. The van der Waals surface area contributed by atoms with Gasteiger partial charge < -0.3 is 15.8 Å². The van der Waals surface area contributed by atoms with Crippen molar-refractivity contribution in [2.24, 2.45) is 5.73 Å². The molecule has 0 aliphatic rings. The van der Waals surface area contributed by atoms with Crippen LogP contribution in [0.25, 0.3) is 0 Å². The first kappa shape index (κ1) is 15.2. The van der Waals surface area contributed by atoms with Gasteiger partial charge in [-0.3, -0.25) is 4.79 Å². The number of methoxy groups -OCH3 is 1. The van der Waals surface area contributed by atoms with Crippen LogP contribution in [0, 0.1) is 0 Å². The zero-order valence-electron chi connectivity index (χ0n) is 10.5. The first-order valence-corrected chi connectivity index (χ1v) is 7.64. The fourth-order valence-corrected chi connectivity index (χ4v) is 3.44. The highest BCUT2D eigenvalue weighted by Gasteiger charge is 2.21. The van der Waals surface area contributed by atoms with Crippen LogP contribution in [0.2, 0.25) is 4.34 Å². The summed E-state index contributed by atoms with van der Waals surface area (Å²) in [6.45, 7) is 0. The van der Waals surface area contributed by atoms with Crippen LogP contribution in [0.4, 0.5) is 5.69 Å². The Hall–Kier alpha value is -1.24. The van der Waals surface area contributed by atoms with Gasteiger partial charge in [0.05, 0.1) is 7.11 Å². The topological polar surface area (TPSA) is 64.3 Å². The summed E-state index contributed by atoms with van der Waals surface area (Å²) < 4.78 is 6.42. The first-order valence-electron chi connectivity index (χ1n) is 5.66. The van der Waals surface area contributed by atoms with Crippen molar-refractivity contribution in [1.29, 1.82) is 0 Å². The molecule has 106 valence electrons. The number of hydrogen-bond acceptors (Lipinski definition) is 4. The van der Waals surface area contributed by atoms with Gasteiger partial charge >= 0.3 is 0 Å². The SMILES string of the molecule is COc1ccc(NC(C(N)=O)c2cc(Br)c(Cl)s2)cc1. The number of halogens is 2. The van der Waals surface area contributed by atoms with Crippen molar-refractivity contribution in [3.8, 4) is 5.75 Å². The standard InChI is InChI=1S/C13H12BrClN2O2S/c1-19-8-4-2-7(3-5-8)17-11(13(16)18)10-6-9(14)12(15)20-10/h2-6,11,17H,1H3,(H2,16,18). The van der Waals surface area contributed by atoms with Gasteiger partial charge in [-0.05, 0) is 46.3 Å². The minimum atomic E-state index is -0.628. The molecular formula is C13H12BrClN2O2S. The Labute approximate surface area is 134 Å². The fourth-order valence-electron chi connectivity index (χ4n) is 1.64. The lowest BCUT2D eigenvalue weighted by atomic mass is 10.2. The van der Waals surface area contributed by atoms with Crippen molar-refractivity contribution in [3.05, 3.63) is 44.0 Å². The first-order chi connectivity index (χ1) is 9.51. The average molecular weight is 376 g/mol. The highest BCUT2D eigenvalue weighted by atomic mass is 79.9. The minimum absolute atomic E-state index is 0.466. The van der Waals surface area contributed by atoms with E-state index >= 15 is 0 Å². The molecule has 1 atom stereocenters. The molecule has 1 aromatic carbocycles. The average Bonchev–Trinajstić information content (AvgIpc) is 2.76. The Morgan fingerprint density at radius 1 is 1.45 bits per heavy atom. The van der Waals surface area contributed by atoms with E-state index in [4.69, 9.17) is 22.1 Å². The summed E-state index contributed by atoms with van der Waals surface area (Å²) in [6.07, 6.45) is 0. The number of rotatable bonds is 5. The number of carbonyl (C=O) groups excluding carboxylic acids is 1. The van der Waals surface area contributed by atoms with Gasteiger partial charge in [0.15, 0.2) is 0 Å². The van der Waals surface area contributed by atoms with Gasteiger partial charge in [-0.1, -0.05) is 11.6 Å². The Morgan fingerprint density at radius 2 is 2.10 bits per heavy atom. The summed E-state index contributed by atoms with van der Waals surface area (Å²) >= 11 is 10.6. The second-order valence-electron chi connectivity index (χ2n) is 3.98. The van der Waals surface area contributed by atoms with Crippen molar-refractivity contribution < 1.29 is 9.53 Å². The number of hydrogen-bond donors (Lipinski definition) is 2. The number of anilines is 1. The molecule has 0 spiro atoms. The molecule has 0 bridgehead atoms. The third-order valence-electron chi connectivity index (χ3n) is 2.63. The maximum atomic E-state index is 11.6. The molecule has 20 heavy (non-hydrogen) atoms. The Balaban J connectivity index is 2.23. The number of nitrogens with two attached hydrogens (primary N) is 1. The number of ether oxygens (including phenoxy) is 1. The Morgan fingerprint density at radius 3 is 2.55 bits per heavy atom. The maximum absolute atomic E-state index is 11.6. The number of thiophene rings is 1. The molecule has 1 amide bonds. The zero-order valence-corrected chi connectivity index (χ0v) is 13.7. The number of carbonyl (C=O) groups is 1. The summed E-state index contributed by atoms with van der Waals surface area (Å²) in [5.74, 6) is 0.277. The van der Waals surface area contributed by atoms with E-state index in [1.807, 2.05) is 12.1 Å². The number of nitrogens with one attached hydrogen (secondary N) is 1.